The largest absolute Gasteiger partial charge is 0.400 e. The first kappa shape index (κ1) is 33.1. The third-order valence-corrected chi connectivity index (χ3v) is 7.63. The lowest BCUT2D eigenvalue weighted by Crippen LogP contribution is -2.53. The van der Waals surface area contributed by atoms with Crippen molar-refractivity contribution in [3.8, 4) is 0 Å². The fraction of sp³-hybridized carbons (Fsp3) is 0.433. The molecular formula is C30H37ClF3N5O3. The Morgan fingerprint density at radius 1 is 1.21 bits per heavy atom. The van der Waals surface area contributed by atoms with Crippen LogP contribution in [0.5, 0.6) is 0 Å². The molecule has 2 aromatic carbocycles. The van der Waals surface area contributed by atoms with Gasteiger partial charge in [0.1, 0.15) is 5.84 Å². The van der Waals surface area contributed by atoms with E-state index < -0.39 is 36.4 Å². The van der Waals surface area contributed by atoms with Gasteiger partial charge in [-0.25, -0.2) is 4.79 Å². The number of aryl methyl sites for hydroxylation is 1. The van der Waals surface area contributed by atoms with Crippen LogP contribution in [-0.2, 0) is 6.42 Å². The minimum atomic E-state index is -4.53. The van der Waals surface area contributed by atoms with E-state index in [4.69, 9.17) is 22.7 Å². The number of alkyl halides is 3. The third-order valence-electron chi connectivity index (χ3n) is 7.40. The number of carbonyl (C=O) groups is 1. The number of aliphatic imine (C=N–C) groups is 1. The first-order valence-electron chi connectivity index (χ1n) is 13.6. The average Bonchev–Trinajstić information content (AvgIpc) is 2.90. The zero-order chi connectivity index (χ0) is 31.3. The maximum absolute atomic E-state index is 13.1. The van der Waals surface area contributed by atoms with Crippen LogP contribution in [0.25, 0.3) is 0 Å². The zero-order valence-electron chi connectivity index (χ0n) is 23.9. The first-order chi connectivity index (χ1) is 19.5. The van der Waals surface area contributed by atoms with Gasteiger partial charge in [0.15, 0.2) is 0 Å². The van der Waals surface area contributed by atoms with E-state index >= 15 is 0 Å². The summed E-state index contributed by atoms with van der Waals surface area (Å²) < 4.78 is 39.2. The van der Waals surface area contributed by atoms with Gasteiger partial charge < -0.3 is 21.3 Å². The number of benzene rings is 2. The number of hydrogen-bond donors (Lipinski definition) is 5. The summed E-state index contributed by atoms with van der Waals surface area (Å²) in [5.41, 5.74) is 6.32. The molecule has 1 unspecified atom stereocenters. The van der Waals surface area contributed by atoms with Crippen LogP contribution in [0.4, 0.5) is 23.7 Å². The van der Waals surface area contributed by atoms with Crippen LogP contribution in [0.2, 0.25) is 5.02 Å². The number of amides is 2. The number of nitrogens with one attached hydrogen (secondary N) is 2. The highest BCUT2D eigenvalue weighted by atomic mass is 35.5. The molecular weight excluding hydrogens is 571 g/mol. The van der Waals surface area contributed by atoms with Crippen molar-refractivity contribution >= 4 is 34.9 Å². The summed E-state index contributed by atoms with van der Waals surface area (Å²) in [5, 5.41) is 33.3. The smallest absolute Gasteiger partial charge is 0.390 e. The van der Waals surface area contributed by atoms with Gasteiger partial charge in [-0.3, -0.25) is 15.3 Å². The minimum Gasteiger partial charge on any atom is -0.400 e. The van der Waals surface area contributed by atoms with Gasteiger partial charge in [-0.05, 0) is 62.4 Å². The molecule has 42 heavy (non-hydrogen) atoms. The number of aliphatic hydroxyl groups is 2. The molecule has 0 radical (unpaired) electrons. The molecule has 0 bridgehead atoms. The number of urea groups is 1. The van der Waals surface area contributed by atoms with Gasteiger partial charge in [0.25, 0.3) is 0 Å². The van der Waals surface area contributed by atoms with Crippen molar-refractivity contribution in [2.24, 2.45) is 10.7 Å². The van der Waals surface area contributed by atoms with Gasteiger partial charge in [-0.15, -0.1) is 0 Å². The van der Waals surface area contributed by atoms with Crippen LogP contribution in [-0.4, -0.2) is 63.2 Å². The molecule has 0 aliphatic heterocycles. The van der Waals surface area contributed by atoms with Crippen molar-refractivity contribution in [1.82, 2.24) is 10.2 Å². The third kappa shape index (κ3) is 8.56. The van der Waals surface area contributed by atoms with Crippen molar-refractivity contribution in [1.29, 1.82) is 5.41 Å². The number of rotatable bonds is 8. The molecule has 1 fully saturated rings. The average molecular weight is 608 g/mol. The summed E-state index contributed by atoms with van der Waals surface area (Å²) in [6, 6.07) is 12.5. The monoisotopic (exact) mass is 607 g/mol. The van der Waals surface area contributed by atoms with E-state index in [0.29, 0.717) is 27.6 Å². The summed E-state index contributed by atoms with van der Waals surface area (Å²) in [6.07, 6.45) is -4.74. The van der Waals surface area contributed by atoms with E-state index in [1.54, 1.807) is 48.5 Å². The lowest BCUT2D eigenvalue weighted by Gasteiger charge is -2.43. The van der Waals surface area contributed by atoms with Crippen LogP contribution < -0.4 is 11.1 Å². The fourth-order valence-electron chi connectivity index (χ4n) is 4.61. The second-order valence-corrected chi connectivity index (χ2v) is 11.3. The number of nitrogens with zero attached hydrogens (tertiary/aromatic N) is 2. The molecule has 0 spiro atoms. The Morgan fingerprint density at radius 2 is 1.88 bits per heavy atom. The van der Waals surface area contributed by atoms with Crippen molar-refractivity contribution in [3.05, 3.63) is 76.0 Å². The standard InChI is InChI=1S/C30H37ClF3N5O3/c1-4-19-8-10-20(11-9-19)26(36)39(15-14-30(32,33)34)27(40)37-18-24(35)23-12-13-29(42,28(2,3)41)17-25(23)38-22-7-5-6-21(31)16-22/h5-11,16,36,41-42H,4,12-15,17-18,35H2,1-3H3,(H,37,40)/b24-23-,36-26?,38-25?. The Labute approximate surface area is 248 Å². The number of amidine groups is 1. The molecule has 0 aromatic heterocycles. The van der Waals surface area contributed by atoms with Gasteiger partial charge in [0, 0.05) is 35.0 Å². The zero-order valence-corrected chi connectivity index (χ0v) is 24.6. The summed E-state index contributed by atoms with van der Waals surface area (Å²) >= 11 is 6.11. The molecule has 0 heterocycles. The van der Waals surface area contributed by atoms with Gasteiger partial charge in [-0.2, -0.15) is 13.2 Å². The Bertz CT molecular complexity index is 1350. The van der Waals surface area contributed by atoms with E-state index in [9.17, 15) is 28.2 Å². The fourth-order valence-corrected chi connectivity index (χ4v) is 4.79. The Hall–Kier alpha value is -3.41. The van der Waals surface area contributed by atoms with Crippen molar-refractivity contribution in [2.75, 3.05) is 13.1 Å². The van der Waals surface area contributed by atoms with Gasteiger partial charge in [-0.1, -0.05) is 48.9 Å². The van der Waals surface area contributed by atoms with E-state index in [2.05, 4.69) is 10.3 Å². The Balaban J connectivity index is 1.88. The van der Waals surface area contributed by atoms with Crippen LogP contribution in [0.3, 0.4) is 0 Å². The molecule has 228 valence electrons. The van der Waals surface area contributed by atoms with Crippen LogP contribution >= 0.6 is 11.6 Å². The van der Waals surface area contributed by atoms with Crippen molar-refractivity contribution in [3.63, 3.8) is 0 Å². The minimum absolute atomic E-state index is 0.0386. The molecule has 2 amide bonds. The summed E-state index contributed by atoms with van der Waals surface area (Å²) in [4.78, 5) is 18.5. The maximum atomic E-state index is 13.1. The lowest BCUT2D eigenvalue weighted by molar-refractivity contribution is -0.135. The molecule has 1 aliphatic carbocycles. The number of halogens is 4. The molecule has 3 rings (SSSR count). The van der Waals surface area contributed by atoms with E-state index in [1.165, 1.54) is 13.8 Å². The number of carbonyl (C=O) groups excluding carboxylic acids is 1. The lowest BCUT2D eigenvalue weighted by atomic mass is 9.71. The molecule has 1 saturated carbocycles. The summed E-state index contributed by atoms with van der Waals surface area (Å²) in [6.45, 7) is 3.96. The van der Waals surface area contributed by atoms with Crippen LogP contribution in [0, 0.1) is 5.41 Å². The maximum Gasteiger partial charge on any atom is 0.390 e. The predicted molar refractivity (Wildman–Crippen MR) is 158 cm³/mol. The molecule has 1 aliphatic rings. The normalized spacial score (nSPS) is 19.9. The molecule has 8 nitrogen and oxygen atoms in total. The number of hydrogen-bond acceptors (Lipinski definition) is 6. The van der Waals surface area contributed by atoms with Gasteiger partial charge in [0.2, 0.25) is 0 Å². The predicted octanol–water partition coefficient (Wildman–Crippen LogP) is 5.86. The van der Waals surface area contributed by atoms with Crippen molar-refractivity contribution < 1.29 is 28.2 Å². The Kier molecular flexibility index (Phi) is 10.5. The number of allylic oxidation sites excluding steroid dienone is 1. The quantitative estimate of drug-likeness (QED) is 0.190. The molecule has 1 atom stereocenters. The molecule has 6 N–H and O–H groups in total. The highest BCUT2D eigenvalue weighted by Crippen LogP contribution is 2.39. The molecule has 0 saturated heterocycles. The topological polar surface area (TPSA) is 135 Å². The van der Waals surface area contributed by atoms with Crippen LogP contribution in [0.15, 0.2) is 64.8 Å². The van der Waals surface area contributed by atoms with E-state index in [0.717, 1.165) is 16.9 Å². The van der Waals surface area contributed by atoms with Crippen LogP contribution in [0.1, 0.15) is 57.6 Å². The molecule has 12 heteroatoms. The highest BCUT2D eigenvalue weighted by Gasteiger charge is 2.46. The molecule has 2 aromatic rings. The van der Waals surface area contributed by atoms with Gasteiger partial charge in [0.05, 0.1) is 29.9 Å². The van der Waals surface area contributed by atoms with Gasteiger partial charge >= 0.3 is 12.2 Å². The Morgan fingerprint density at radius 3 is 2.45 bits per heavy atom. The second-order valence-electron chi connectivity index (χ2n) is 10.9. The van der Waals surface area contributed by atoms with Crippen molar-refractivity contribution in [2.45, 2.75) is 70.3 Å². The number of nitrogens with two attached hydrogens (primary N) is 1. The summed E-state index contributed by atoms with van der Waals surface area (Å²) in [7, 11) is 0. The first-order valence-corrected chi connectivity index (χ1v) is 14.0. The van der Waals surface area contributed by atoms with E-state index in [1.807, 2.05) is 6.92 Å². The van der Waals surface area contributed by atoms with E-state index in [-0.39, 0.29) is 37.3 Å². The summed E-state index contributed by atoms with van der Waals surface area (Å²) in [5.74, 6) is -0.373. The second kappa shape index (κ2) is 13.3. The highest BCUT2D eigenvalue weighted by molar-refractivity contribution is 6.30. The SMILES string of the molecule is CCc1ccc(C(=N)N(CCC(F)(F)F)C(=O)NC/C(N)=C2\CCC(O)(C(C)(C)O)CC2=Nc2cccc(Cl)c2)cc1.